The number of carbonyl (C=O) groups excluding carboxylic acids is 1. The van der Waals surface area contributed by atoms with E-state index < -0.39 is 0 Å². The van der Waals surface area contributed by atoms with Crippen molar-refractivity contribution >= 4 is 17.3 Å². The number of benzene rings is 1. The summed E-state index contributed by atoms with van der Waals surface area (Å²) in [6.45, 7) is 11.6. The average molecular weight is 325 g/mol. The second kappa shape index (κ2) is 7.47. The highest BCUT2D eigenvalue weighted by atomic mass is 16.1. The summed E-state index contributed by atoms with van der Waals surface area (Å²) < 4.78 is 0. The van der Waals surface area contributed by atoms with E-state index in [1.54, 1.807) is 12.3 Å². The van der Waals surface area contributed by atoms with E-state index in [1.165, 1.54) is 5.56 Å². The summed E-state index contributed by atoms with van der Waals surface area (Å²) in [5.41, 5.74) is 3.42. The van der Waals surface area contributed by atoms with Gasteiger partial charge in [-0.15, -0.1) is 0 Å². The van der Waals surface area contributed by atoms with Gasteiger partial charge in [0.1, 0.15) is 5.69 Å². The van der Waals surface area contributed by atoms with Crippen molar-refractivity contribution in [3.63, 3.8) is 0 Å². The maximum Gasteiger partial charge on any atom is 0.274 e. The zero-order valence-electron chi connectivity index (χ0n) is 15.2. The van der Waals surface area contributed by atoms with Crippen LogP contribution < -0.4 is 10.6 Å². The van der Waals surface area contributed by atoms with Crippen molar-refractivity contribution in [1.82, 2.24) is 4.98 Å². The van der Waals surface area contributed by atoms with Gasteiger partial charge in [-0.3, -0.25) is 9.78 Å². The van der Waals surface area contributed by atoms with E-state index >= 15 is 0 Å². The standard InChI is InChI=1S/C20H27N3O/c1-14(2)13-22-17-10-11-21-18(12-17)19(24)23-16-8-6-15(7-9-16)20(3,4)5/h6-12,14H,13H2,1-5H3,(H,21,22)(H,23,24). The fraction of sp³-hybridized carbons (Fsp3) is 0.400. The molecule has 1 aromatic heterocycles. The molecule has 1 heterocycles. The minimum absolute atomic E-state index is 0.0977. The lowest BCUT2D eigenvalue weighted by Crippen LogP contribution is -2.15. The van der Waals surface area contributed by atoms with Crippen LogP contribution in [0.15, 0.2) is 42.6 Å². The minimum atomic E-state index is -0.202. The van der Waals surface area contributed by atoms with Gasteiger partial charge in [0, 0.05) is 24.1 Å². The molecule has 2 N–H and O–H groups in total. The van der Waals surface area contributed by atoms with E-state index in [0.29, 0.717) is 11.6 Å². The van der Waals surface area contributed by atoms with Crippen molar-refractivity contribution in [3.8, 4) is 0 Å². The summed E-state index contributed by atoms with van der Waals surface area (Å²) in [6, 6.07) is 11.6. The van der Waals surface area contributed by atoms with Gasteiger partial charge < -0.3 is 10.6 Å². The molecule has 1 aromatic carbocycles. The van der Waals surface area contributed by atoms with Gasteiger partial charge in [-0.1, -0.05) is 46.8 Å². The molecule has 0 aliphatic heterocycles. The fourth-order valence-electron chi connectivity index (χ4n) is 2.24. The predicted octanol–water partition coefficient (Wildman–Crippen LogP) is 4.70. The number of pyridine rings is 1. The van der Waals surface area contributed by atoms with Crippen LogP contribution in [0.4, 0.5) is 11.4 Å². The number of anilines is 2. The van der Waals surface area contributed by atoms with Gasteiger partial charge in [0.15, 0.2) is 0 Å². The second-order valence-corrected chi connectivity index (χ2v) is 7.49. The first kappa shape index (κ1) is 18.0. The van der Waals surface area contributed by atoms with Crippen LogP contribution in [0.1, 0.15) is 50.7 Å². The Morgan fingerprint density at radius 3 is 2.33 bits per heavy atom. The molecule has 2 aromatic rings. The number of rotatable bonds is 5. The molecule has 0 bridgehead atoms. The monoisotopic (exact) mass is 325 g/mol. The summed E-state index contributed by atoms with van der Waals surface area (Å²) in [4.78, 5) is 16.6. The van der Waals surface area contributed by atoms with E-state index in [9.17, 15) is 4.79 Å². The molecule has 0 saturated carbocycles. The fourth-order valence-corrected chi connectivity index (χ4v) is 2.24. The molecule has 0 radical (unpaired) electrons. The molecule has 128 valence electrons. The summed E-state index contributed by atoms with van der Waals surface area (Å²) >= 11 is 0. The summed E-state index contributed by atoms with van der Waals surface area (Å²) in [7, 11) is 0. The van der Waals surface area contributed by atoms with Crippen molar-refractivity contribution in [2.45, 2.75) is 40.0 Å². The van der Waals surface area contributed by atoms with Gasteiger partial charge in [-0.2, -0.15) is 0 Å². The first-order valence-corrected chi connectivity index (χ1v) is 8.37. The van der Waals surface area contributed by atoms with Crippen LogP contribution in [0, 0.1) is 5.92 Å². The average Bonchev–Trinajstić information content (AvgIpc) is 2.53. The van der Waals surface area contributed by atoms with Gasteiger partial charge >= 0.3 is 0 Å². The van der Waals surface area contributed by atoms with Crippen molar-refractivity contribution in [2.24, 2.45) is 5.92 Å². The maximum absolute atomic E-state index is 12.4. The smallest absolute Gasteiger partial charge is 0.274 e. The Kier molecular flexibility index (Phi) is 5.60. The molecule has 4 heteroatoms. The molecule has 0 aliphatic carbocycles. The lowest BCUT2D eigenvalue weighted by Gasteiger charge is -2.19. The molecule has 24 heavy (non-hydrogen) atoms. The first-order chi connectivity index (χ1) is 11.3. The quantitative estimate of drug-likeness (QED) is 0.838. The number of nitrogens with zero attached hydrogens (tertiary/aromatic N) is 1. The largest absolute Gasteiger partial charge is 0.385 e. The SMILES string of the molecule is CC(C)CNc1ccnc(C(=O)Nc2ccc(C(C)(C)C)cc2)c1. The van der Waals surface area contributed by atoms with Crippen molar-refractivity contribution in [2.75, 3.05) is 17.2 Å². The zero-order valence-corrected chi connectivity index (χ0v) is 15.2. The van der Waals surface area contributed by atoms with E-state index in [1.807, 2.05) is 30.3 Å². The van der Waals surface area contributed by atoms with Gasteiger partial charge in [-0.05, 0) is 41.2 Å². The van der Waals surface area contributed by atoms with Crippen LogP contribution in [0.5, 0.6) is 0 Å². The van der Waals surface area contributed by atoms with Crippen LogP contribution >= 0.6 is 0 Å². The van der Waals surface area contributed by atoms with Crippen LogP contribution in [-0.2, 0) is 5.41 Å². The molecule has 2 rings (SSSR count). The predicted molar refractivity (Wildman–Crippen MR) is 101 cm³/mol. The molecule has 0 spiro atoms. The number of aromatic nitrogens is 1. The third-order valence-corrected chi connectivity index (χ3v) is 3.72. The molecule has 0 aliphatic rings. The lowest BCUT2D eigenvalue weighted by molar-refractivity contribution is 0.102. The molecule has 4 nitrogen and oxygen atoms in total. The second-order valence-electron chi connectivity index (χ2n) is 7.49. The lowest BCUT2D eigenvalue weighted by atomic mass is 9.87. The first-order valence-electron chi connectivity index (χ1n) is 8.37. The Hall–Kier alpha value is -2.36. The summed E-state index contributed by atoms with van der Waals surface area (Å²) in [5.74, 6) is 0.337. The van der Waals surface area contributed by atoms with Crippen molar-refractivity contribution in [1.29, 1.82) is 0 Å². The Balaban J connectivity index is 2.05. The molecule has 1 amide bonds. The minimum Gasteiger partial charge on any atom is -0.385 e. The summed E-state index contributed by atoms with van der Waals surface area (Å²) in [5, 5.41) is 6.21. The molecule has 0 unspecified atom stereocenters. The number of nitrogens with one attached hydrogen (secondary N) is 2. The van der Waals surface area contributed by atoms with Crippen molar-refractivity contribution < 1.29 is 4.79 Å². The van der Waals surface area contributed by atoms with Crippen LogP contribution in [0.2, 0.25) is 0 Å². The topological polar surface area (TPSA) is 54.0 Å². The van der Waals surface area contributed by atoms with E-state index in [2.05, 4.69) is 50.2 Å². The normalized spacial score (nSPS) is 11.4. The molecular formula is C20H27N3O. The zero-order chi connectivity index (χ0) is 17.7. The van der Waals surface area contributed by atoms with Crippen LogP contribution in [0.25, 0.3) is 0 Å². The Morgan fingerprint density at radius 1 is 1.08 bits per heavy atom. The third-order valence-electron chi connectivity index (χ3n) is 3.72. The number of amides is 1. The molecule has 0 saturated heterocycles. The molecule has 0 fully saturated rings. The van der Waals surface area contributed by atoms with Gasteiger partial charge in [-0.25, -0.2) is 0 Å². The number of carbonyl (C=O) groups is 1. The highest BCUT2D eigenvalue weighted by Crippen LogP contribution is 2.23. The Bertz CT molecular complexity index is 685. The van der Waals surface area contributed by atoms with Gasteiger partial charge in [0.05, 0.1) is 0 Å². The third kappa shape index (κ3) is 5.08. The molecule has 0 atom stereocenters. The molecular weight excluding hydrogens is 298 g/mol. The highest BCUT2D eigenvalue weighted by Gasteiger charge is 2.14. The van der Waals surface area contributed by atoms with Gasteiger partial charge in [0.2, 0.25) is 0 Å². The summed E-state index contributed by atoms with van der Waals surface area (Å²) in [6.07, 6.45) is 1.65. The van der Waals surface area contributed by atoms with Gasteiger partial charge in [0.25, 0.3) is 5.91 Å². The Labute approximate surface area is 144 Å². The van der Waals surface area contributed by atoms with Crippen molar-refractivity contribution in [3.05, 3.63) is 53.9 Å². The Morgan fingerprint density at radius 2 is 1.75 bits per heavy atom. The van der Waals surface area contributed by atoms with E-state index in [-0.39, 0.29) is 11.3 Å². The van der Waals surface area contributed by atoms with Crippen LogP contribution in [-0.4, -0.2) is 17.4 Å². The number of hydrogen-bond donors (Lipinski definition) is 2. The van der Waals surface area contributed by atoms with Crippen LogP contribution in [0.3, 0.4) is 0 Å². The maximum atomic E-state index is 12.4. The van der Waals surface area contributed by atoms with E-state index in [4.69, 9.17) is 0 Å². The van der Waals surface area contributed by atoms with E-state index in [0.717, 1.165) is 17.9 Å². The highest BCUT2D eigenvalue weighted by molar-refractivity contribution is 6.03. The number of hydrogen-bond acceptors (Lipinski definition) is 3.